The van der Waals surface area contributed by atoms with Gasteiger partial charge in [-0.25, -0.2) is 18.3 Å². The summed E-state index contributed by atoms with van der Waals surface area (Å²) in [5.41, 5.74) is 0. The molecule has 0 heterocycles. The van der Waals surface area contributed by atoms with E-state index in [0.29, 0.717) is 0 Å². The smallest absolute Gasteiger partial charge is 0.394 e. The van der Waals surface area contributed by atoms with Crippen molar-refractivity contribution in [2.24, 2.45) is 0 Å². The highest BCUT2D eigenvalue weighted by molar-refractivity contribution is 7.61. The molecular weight excluding hydrogens is 484 g/mol. The van der Waals surface area contributed by atoms with Gasteiger partial charge in [-0.3, -0.25) is 13.8 Å². The molecule has 18 nitrogen and oxygen atoms in total. The normalized spacial score (nSPS) is 20.6. The number of Topliss-reactive ketones (excluding diaryl/α,β-unsaturated/α-hetero) is 1. The number of rotatable bonds is 13. The van der Waals surface area contributed by atoms with E-state index >= 15 is 0 Å². The molecule has 0 aliphatic heterocycles. The maximum Gasteiger partial charge on any atom is 0.481 e. The first-order valence-electron chi connectivity index (χ1n) is 6.30. The summed E-state index contributed by atoms with van der Waals surface area (Å²) in [6, 6.07) is 0. The van der Waals surface area contributed by atoms with Crippen LogP contribution in [0, 0.1) is 0 Å². The van der Waals surface area contributed by atoms with Crippen LogP contribution in [0.4, 0.5) is 0 Å². The van der Waals surface area contributed by atoms with Gasteiger partial charge in [0.15, 0.2) is 11.9 Å². The van der Waals surface area contributed by atoms with Crippen molar-refractivity contribution in [1.29, 1.82) is 0 Å². The van der Waals surface area contributed by atoms with Crippen molar-refractivity contribution in [2.45, 2.75) is 18.3 Å². The summed E-state index contributed by atoms with van der Waals surface area (Å²) in [6.45, 7) is -2.96. The first-order chi connectivity index (χ1) is 12.3. The van der Waals surface area contributed by atoms with E-state index in [-0.39, 0.29) is 0 Å². The molecule has 0 saturated carbocycles. The maximum absolute atomic E-state index is 11.9. The molecule has 2 unspecified atom stereocenters. The molecule has 0 aromatic heterocycles. The number of carbonyl (C=O) groups is 1. The molecule has 0 aliphatic rings. The molecule has 5 atom stereocenters. The fourth-order valence-electron chi connectivity index (χ4n) is 1.30. The highest BCUT2D eigenvalue weighted by Crippen LogP contribution is 2.59. The molecule has 0 bridgehead atoms. The van der Waals surface area contributed by atoms with Crippen molar-refractivity contribution in [3.63, 3.8) is 0 Å². The molecule has 22 heteroatoms. The second-order valence-corrected chi connectivity index (χ2v) is 10.2. The lowest BCUT2D eigenvalue weighted by Gasteiger charge is -2.26. The minimum atomic E-state index is -5.81. The standard InChI is InChI=1S/C6H16O18P4/c7-1-3(8)5(10)6(22-28(19,20)24-26(14,15)16)4(9)2-21-27(17,18)23-25(11,12)13/h3,5-8,10H,1-2H2,(H,17,18)(H,19,20)(H2,11,12,13)(H2,14,15,16)/t3-,5-,6-/m1/s1. The van der Waals surface area contributed by atoms with Crippen molar-refractivity contribution in [1.82, 2.24) is 0 Å². The fraction of sp³-hybridized carbons (Fsp3) is 0.833. The summed E-state index contributed by atoms with van der Waals surface area (Å²) in [6.07, 6.45) is -7.56. The number of phosphoric acid groups is 4. The molecule has 168 valence electrons. The van der Waals surface area contributed by atoms with Crippen LogP contribution in [0.1, 0.15) is 0 Å². The molecular formula is C6H16O18P4. The van der Waals surface area contributed by atoms with Crippen molar-refractivity contribution in [3.8, 4) is 0 Å². The lowest BCUT2D eigenvalue weighted by Crippen LogP contribution is -2.46. The van der Waals surface area contributed by atoms with Crippen molar-refractivity contribution in [2.75, 3.05) is 13.2 Å². The van der Waals surface area contributed by atoms with Gasteiger partial charge in [-0.05, 0) is 0 Å². The van der Waals surface area contributed by atoms with Gasteiger partial charge in [0.1, 0.15) is 18.8 Å². The second-order valence-electron chi connectivity index (χ2n) is 4.59. The van der Waals surface area contributed by atoms with E-state index in [0.717, 1.165) is 0 Å². The molecule has 0 radical (unpaired) electrons. The molecule has 0 fully saturated rings. The molecule has 9 N–H and O–H groups in total. The number of hydrogen-bond acceptors (Lipinski definition) is 12. The zero-order chi connectivity index (χ0) is 22.6. The third-order valence-electron chi connectivity index (χ3n) is 2.24. The van der Waals surface area contributed by atoms with Crippen LogP contribution >= 0.6 is 31.3 Å². The Balaban J connectivity index is 5.44. The third-order valence-corrected chi connectivity index (χ3v) is 6.55. The Morgan fingerprint density at radius 3 is 1.64 bits per heavy atom. The van der Waals surface area contributed by atoms with Crippen LogP contribution in [0.2, 0.25) is 0 Å². The summed E-state index contributed by atoms with van der Waals surface area (Å²) in [5.74, 6) is -1.79. The van der Waals surface area contributed by atoms with E-state index in [4.69, 9.17) is 29.6 Å². The SMILES string of the molecule is O=C(COP(=O)(O)OP(=O)(O)O)[C@@H](OP(=O)(O)OP(=O)(O)O)[C@H](O)[C@H](O)CO. The fourth-order valence-corrected chi connectivity index (χ4v) is 4.62. The molecule has 0 amide bonds. The monoisotopic (exact) mass is 500 g/mol. The van der Waals surface area contributed by atoms with Crippen LogP contribution < -0.4 is 0 Å². The molecule has 0 saturated heterocycles. The van der Waals surface area contributed by atoms with Gasteiger partial charge in [-0.15, -0.1) is 0 Å². The van der Waals surface area contributed by atoms with Gasteiger partial charge < -0.3 is 44.7 Å². The summed E-state index contributed by atoms with van der Waals surface area (Å²) in [4.78, 5) is 63.8. The average molecular weight is 500 g/mol. The summed E-state index contributed by atoms with van der Waals surface area (Å²) in [7, 11) is -22.6. The zero-order valence-corrected chi connectivity index (χ0v) is 16.7. The van der Waals surface area contributed by atoms with Crippen molar-refractivity contribution >= 4 is 37.1 Å². The molecule has 0 aliphatic carbocycles. The molecule has 0 aromatic carbocycles. The van der Waals surface area contributed by atoms with Crippen LogP contribution in [0.15, 0.2) is 0 Å². The Kier molecular flexibility index (Phi) is 10.4. The Labute approximate surface area is 155 Å². The Bertz CT molecular complexity index is 720. The highest BCUT2D eigenvalue weighted by atomic mass is 31.3. The molecule has 28 heavy (non-hydrogen) atoms. The summed E-state index contributed by atoms with van der Waals surface area (Å²) in [5, 5.41) is 27.7. The van der Waals surface area contributed by atoms with Crippen molar-refractivity contribution < 1.29 is 85.4 Å². The van der Waals surface area contributed by atoms with E-state index in [9.17, 15) is 38.2 Å². The number of phosphoric ester groups is 2. The Morgan fingerprint density at radius 1 is 0.821 bits per heavy atom. The number of ketones is 1. The van der Waals surface area contributed by atoms with E-state index in [1.54, 1.807) is 0 Å². The van der Waals surface area contributed by atoms with Gasteiger partial charge in [0.2, 0.25) is 0 Å². The van der Waals surface area contributed by atoms with E-state index in [1.165, 1.54) is 0 Å². The number of aliphatic hydroxyl groups excluding tert-OH is 3. The topological polar surface area (TPSA) is 304 Å². The summed E-state index contributed by atoms with van der Waals surface area (Å²) < 4.78 is 58.3. The lowest BCUT2D eigenvalue weighted by molar-refractivity contribution is -0.141. The molecule has 0 rings (SSSR count). The minimum absolute atomic E-state index is 1.26. The second kappa shape index (κ2) is 10.4. The van der Waals surface area contributed by atoms with E-state index < -0.39 is 68.6 Å². The largest absolute Gasteiger partial charge is 0.481 e. The van der Waals surface area contributed by atoms with E-state index in [1.807, 2.05) is 0 Å². The maximum atomic E-state index is 11.9. The van der Waals surface area contributed by atoms with Crippen LogP contribution in [-0.4, -0.2) is 82.0 Å². The lowest BCUT2D eigenvalue weighted by atomic mass is 10.1. The van der Waals surface area contributed by atoms with Gasteiger partial charge in [0.25, 0.3) is 0 Å². The predicted octanol–water partition coefficient (Wildman–Crippen LogP) is -2.91. The zero-order valence-electron chi connectivity index (χ0n) is 13.1. The predicted molar refractivity (Wildman–Crippen MR) is 80.8 cm³/mol. The van der Waals surface area contributed by atoms with Crippen LogP contribution in [0.25, 0.3) is 0 Å². The van der Waals surface area contributed by atoms with Crippen LogP contribution in [-0.2, 0) is 40.7 Å². The Hall–Kier alpha value is 0.0700. The van der Waals surface area contributed by atoms with Gasteiger partial charge in [-0.2, -0.15) is 8.62 Å². The highest BCUT2D eigenvalue weighted by Gasteiger charge is 2.43. The third kappa shape index (κ3) is 11.9. The van der Waals surface area contributed by atoms with E-state index in [2.05, 4.69) is 17.7 Å². The first kappa shape index (κ1) is 28.1. The van der Waals surface area contributed by atoms with Gasteiger partial charge in [0.05, 0.1) is 6.61 Å². The number of hydrogen-bond donors (Lipinski definition) is 9. The van der Waals surface area contributed by atoms with Gasteiger partial charge in [0, 0.05) is 0 Å². The van der Waals surface area contributed by atoms with Gasteiger partial charge >= 0.3 is 31.3 Å². The van der Waals surface area contributed by atoms with Crippen LogP contribution in [0.5, 0.6) is 0 Å². The van der Waals surface area contributed by atoms with Gasteiger partial charge in [-0.1, -0.05) is 0 Å². The minimum Gasteiger partial charge on any atom is -0.394 e. The summed E-state index contributed by atoms with van der Waals surface area (Å²) >= 11 is 0. The number of aliphatic hydroxyl groups is 3. The molecule has 0 aromatic rings. The first-order valence-corrected chi connectivity index (χ1v) is 12.4. The van der Waals surface area contributed by atoms with Crippen LogP contribution in [0.3, 0.4) is 0 Å². The van der Waals surface area contributed by atoms with Crippen molar-refractivity contribution in [3.05, 3.63) is 0 Å². The quantitative estimate of drug-likeness (QED) is 0.114. The average Bonchev–Trinajstić information content (AvgIpc) is 2.44. The number of carbonyl (C=O) groups excluding carboxylic acids is 1. The Morgan fingerprint density at radius 2 is 1.25 bits per heavy atom. The molecule has 0 spiro atoms.